The third-order valence-electron chi connectivity index (χ3n) is 4.34. The largest absolute Gasteiger partial charge is 0.368 e. The van der Waals surface area contributed by atoms with Gasteiger partial charge in [0.1, 0.15) is 11.7 Å². The van der Waals surface area contributed by atoms with E-state index in [9.17, 15) is 19.7 Å². The van der Waals surface area contributed by atoms with Crippen LogP contribution in [0.25, 0.3) is 0 Å². The summed E-state index contributed by atoms with van der Waals surface area (Å²) in [5.74, 6) is -0.615. The van der Waals surface area contributed by atoms with Crippen molar-refractivity contribution in [1.82, 2.24) is 5.32 Å². The Morgan fingerprint density at radius 2 is 2.07 bits per heavy atom. The zero-order valence-electron chi connectivity index (χ0n) is 14.4. The zero-order chi connectivity index (χ0) is 19.6. The van der Waals surface area contributed by atoms with E-state index in [1.54, 1.807) is 29.2 Å². The minimum absolute atomic E-state index is 0.174. The lowest BCUT2D eigenvalue weighted by Gasteiger charge is -2.18. The highest BCUT2D eigenvalue weighted by atomic mass is 35.5. The van der Waals surface area contributed by atoms with Gasteiger partial charge in [-0.1, -0.05) is 17.7 Å². The molecule has 1 unspecified atom stereocenters. The Morgan fingerprint density at radius 3 is 2.74 bits per heavy atom. The van der Waals surface area contributed by atoms with Crippen LogP contribution >= 0.6 is 11.6 Å². The molecule has 3 rings (SSSR count). The van der Waals surface area contributed by atoms with E-state index in [2.05, 4.69) is 10.6 Å². The summed E-state index contributed by atoms with van der Waals surface area (Å²) in [6.45, 7) is 0.473. The molecule has 0 aromatic heterocycles. The van der Waals surface area contributed by atoms with Crippen LogP contribution in [0.1, 0.15) is 16.8 Å². The first-order valence-electron chi connectivity index (χ1n) is 8.24. The van der Waals surface area contributed by atoms with Crippen molar-refractivity contribution in [2.45, 2.75) is 12.5 Å². The molecule has 0 aliphatic carbocycles. The molecule has 8 nitrogen and oxygen atoms in total. The number of anilines is 2. The van der Waals surface area contributed by atoms with E-state index in [-0.39, 0.29) is 22.8 Å². The number of halogens is 1. The highest BCUT2D eigenvalue weighted by Crippen LogP contribution is 2.30. The number of nitrogens with one attached hydrogen (secondary N) is 2. The van der Waals surface area contributed by atoms with Crippen molar-refractivity contribution < 1.29 is 14.5 Å². The number of carbonyl (C=O) groups excluding carboxylic acids is 2. The minimum atomic E-state index is -0.603. The first kappa shape index (κ1) is 18.7. The third-order valence-corrected chi connectivity index (χ3v) is 4.57. The van der Waals surface area contributed by atoms with E-state index < -0.39 is 16.9 Å². The maximum absolute atomic E-state index is 12.7. The van der Waals surface area contributed by atoms with E-state index >= 15 is 0 Å². The second kappa shape index (κ2) is 7.63. The second-order valence-corrected chi connectivity index (χ2v) is 6.46. The average molecular weight is 389 g/mol. The second-order valence-electron chi connectivity index (χ2n) is 6.02. The summed E-state index contributed by atoms with van der Waals surface area (Å²) in [6, 6.07) is 10.5. The van der Waals surface area contributed by atoms with Crippen LogP contribution in [0.3, 0.4) is 0 Å². The number of amides is 2. The Hall–Kier alpha value is -3.13. The molecule has 2 aromatic carbocycles. The van der Waals surface area contributed by atoms with Gasteiger partial charge in [-0.3, -0.25) is 19.7 Å². The Morgan fingerprint density at radius 1 is 1.30 bits per heavy atom. The van der Waals surface area contributed by atoms with Gasteiger partial charge in [-0.05, 0) is 36.8 Å². The Bertz CT molecular complexity index is 918. The Balaban J connectivity index is 1.82. The van der Waals surface area contributed by atoms with Gasteiger partial charge >= 0.3 is 0 Å². The number of hydrogen-bond donors (Lipinski definition) is 2. The molecule has 2 N–H and O–H groups in total. The van der Waals surface area contributed by atoms with Crippen LogP contribution in [0.2, 0.25) is 5.02 Å². The molecule has 0 bridgehead atoms. The van der Waals surface area contributed by atoms with Gasteiger partial charge < -0.3 is 15.5 Å². The molecule has 9 heteroatoms. The number of hydrogen-bond acceptors (Lipinski definition) is 5. The summed E-state index contributed by atoms with van der Waals surface area (Å²) in [6.07, 6.45) is 0.486. The summed E-state index contributed by atoms with van der Waals surface area (Å²) >= 11 is 5.98. The average Bonchev–Trinajstić information content (AvgIpc) is 3.01. The maximum atomic E-state index is 12.7. The third kappa shape index (κ3) is 3.85. The molecular weight excluding hydrogens is 372 g/mol. The monoisotopic (exact) mass is 388 g/mol. The summed E-state index contributed by atoms with van der Waals surface area (Å²) in [5.41, 5.74) is 0.790. The van der Waals surface area contributed by atoms with Crippen LogP contribution in [0.4, 0.5) is 17.1 Å². The lowest BCUT2D eigenvalue weighted by molar-refractivity contribution is -0.384. The van der Waals surface area contributed by atoms with Gasteiger partial charge in [-0.15, -0.1) is 0 Å². The van der Waals surface area contributed by atoms with E-state index in [0.717, 1.165) is 0 Å². The predicted octanol–water partition coefficient (Wildman–Crippen LogP) is 2.83. The van der Waals surface area contributed by atoms with Crippen LogP contribution in [-0.4, -0.2) is 36.4 Å². The summed E-state index contributed by atoms with van der Waals surface area (Å²) < 4.78 is 0. The van der Waals surface area contributed by atoms with Gasteiger partial charge in [0.25, 0.3) is 11.6 Å². The van der Waals surface area contributed by atoms with Crippen molar-refractivity contribution in [1.29, 1.82) is 0 Å². The van der Waals surface area contributed by atoms with Crippen LogP contribution in [0, 0.1) is 10.1 Å². The van der Waals surface area contributed by atoms with E-state index in [4.69, 9.17) is 11.6 Å². The molecule has 0 spiro atoms. The highest BCUT2D eigenvalue weighted by molar-refractivity contribution is 6.31. The van der Waals surface area contributed by atoms with Crippen LogP contribution in [-0.2, 0) is 4.79 Å². The molecule has 1 aliphatic heterocycles. The smallest absolute Gasteiger partial charge is 0.293 e. The molecule has 140 valence electrons. The predicted molar refractivity (Wildman–Crippen MR) is 102 cm³/mol. The first-order valence-corrected chi connectivity index (χ1v) is 8.62. The molecule has 0 saturated carbocycles. The van der Waals surface area contributed by atoms with Crippen molar-refractivity contribution in [2.24, 2.45) is 0 Å². The maximum Gasteiger partial charge on any atom is 0.293 e. The van der Waals surface area contributed by atoms with Crippen molar-refractivity contribution in [3.63, 3.8) is 0 Å². The van der Waals surface area contributed by atoms with Crippen LogP contribution < -0.4 is 15.5 Å². The summed E-state index contributed by atoms with van der Waals surface area (Å²) in [5, 5.41) is 17.3. The van der Waals surface area contributed by atoms with Crippen molar-refractivity contribution in [3.05, 3.63) is 63.2 Å². The van der Waals surface area contributed by atoms with Gasteiger partial charge in [0.05, 0.1) is 4.92 Å². The first-order chi connectivity index (χ1) is 12.9. The number of rotatable bonds is 5. The van der Waals surface area contributed by atoms with Crippen molar-refractivity contribution in [2.75, 3.05) is 23.8 Å². The molecule has 2 amide bonds. The van der Waals surface area contributed by atoms with E-state index in [0.29, 0.717) is 23.7 Å². The van der Waals surface area contributed by atoms with Crippen LogP contribution in [0.5, 0.6) is 0 Å². The fourth-order valence-electron chi connectivity index (χ4n) is 2.99. The van der Waals surface area contributed by atoms with Gasteiger partial charge in [0.2, 0.25) is 5.91 Å². The number of nitrogens with zero attached hydrogens (tertiary/aromatic N) is 2. The Kier molecular flexibility index (Phi) is 5.27. The molecule has 2 aromatic rings. The molecule has 1 aliphatic rings. The van der Waals surface area contributed by atoms with Gasteiger partial charge in [-0.2, -0.15) is 0 Å². The molecule has 0 radical (unpaired) electrons. The number of nitro benzene ring substituents is 1. The fourth-order valence-corrected chi connectivity index (χ4v) is 3.18. The minimum Gasteiger partial charge on any atom is -0.368 e. The number of carbonyl (C=O) groups is 2. The fraction of sp³-hybridized carbons (Fsp3) is 0.222. The molecule has 1 fully saturated rings. The van der Waals surface area contributed by atoms with Gasteiger partial charge in [0, 0.05) is 35.9 Å². The van der Waals surface area contributed by atoms with Crippen molar-refractivity contribution >= 4 is 40.5 Å². The van der Waals surface area contributed by atoms with Crippen molar-refractivity contribution in [3.8, 4) is 0 Å². The topological polar surface area (TPSA) is 105 Å². The Labute approximate surface area is 160 Å². The molecule has 1 heterocycles. The lowest BCUT2D eigenvalue weighted by Crippen LogP contribution is -2.33. The summed E-state index contributed by atoms with van der Waals surface area (Å²) in [4.78, 5) is 36.8. The van der Waals surface area contributed by atoms with Gasteiger partial charge in [0.15, 0.2) is 0 Å². The quantitative estimate of drug-likeness (QED) is 0.605. The molecule has 1 saturated heterocycles. The lowest BCUT2D eigenvalue weighted by atomic mass is 10.1. The normalized spacial score (nSPS) is 16.3. The molecule has 27 heavy (non-hydrogen) atoms. The van der Waals surface area contributed by atoms with Crippen LogP contribution in [0.15, 0.2) is 42.5 Å². The molecule has 1 atom stereocenters. The number of benzene rings is 2. The van der Waals surface area contributed by atoms with E-state index in [1.807, 2.05) is 0 Å². The SMILES string of the molecule is CNC(=O)c1ccc(NC2CCN(c3cccc(Cl)c3)C2=O)c([N+](=O)[O-])c1. The zero-order valence-corrected chi connectivity index (χ0v) is 15.2. The standard InChI is InChI=1S/C18H17ClN4O4/c1-20-17(24)11-5-6-14(16(9-11)23(26)27)21-15-7-8-22(18(15)25)13-4-2-3-12(19)10-13/h2-6,9-10,15,21H,7-8H2,1H3,(H,20,24). The van der Waals surface area contributed by atoms with Gasteiger partial charge in [-0.25, -0.2) is 0 Å². The highest BCUT2D eigenvalue weighted by Gasteiger charge is 2.34. The van der Waals surface area contributed by atoms with E-state index in [1.165, 1.54) is 25.2 Å². The summed E-state index contributed by atoms with van der Waals surface area (Å²) in [7, 11) is 1.45. The number of nitro groups is 1. The molecular formula is C18H17ClN4O4.